The maximum absolute atomic E-state index is 12.9. The van der Waals surface area contributed by atoms with Crippen molar-refractivity contribution in [1.29, 1.82) is 0 Å². The molecular formula is C15H16ClF3N2O. The first-order chi connectivity index (χ1) is 10.0. The number of hydrogen-bond acceptors (Lipinski definition) is 2. The fourth-order valence-electron chi connectivity index (χ4n) is 2.65. The van der Waals surface area contributed by atoms with Crippen LogP contribution in [0, 0.1) is 5.92 Å². The molecule has 0 spiro atoms. The number of aromatic nitrogens is 2. The van der Waals surface area contributed by atoms with Gasteiger partial charge in [0.15, 0.2) is 0 Å². The zero-order valence-corrected chi connectivity index (χ0v) is 12.5. The minimum absolute atomic E-state index is 0. The second-order valence-corrected chi connectivity index (χ2v) is 5.24. The third-order valence-corrected chi connectivity index (χ3v) is 3.76. The highest BCUT2D eigenvalue weighted by Crippen LogP contribution is 2.36. The molecule has 3 nitrogen and oxygen atoms in total. The predicted molar refractivity (Wildman–Crippen MR) is 78.3 cm³/mol. The van der Waals surface area contributed by atoms with E-state index in [4.69, 9.17) is 4.74 Å². The number of aromatic amines is 1. The van der Waals surface area contributed by atoms with Crippen molar-refractivity contribution in [3.8, 4) is 5.75 Å². The number of halogens is 4. The molecule has 1 heterocycles. The summed E-state index contributed by atoms with van der Waals surface area (Å²) in [6.07, 6.45) is -0.240. The van der Waals surface area contributed by atoms with Crippen molar-refractivity contribution in [3.63, 3.8) is 0 Å². The molecule has 0 radical (unpaired) electrons. The van der Waals surface area contributed by atoms with E-state index in [1.54, 1.807) is 12.4 Å². The van der Waals surface area contributed by atoms with Crippen molar-refractivity contribution >= 4 is 12.4 Å². The molecular weight excluding hydrogens is 317 g/mol. The number of fused-ring (bicyclic) bond motifs is 1. The highest BCUT2D eigenvalue weighted by Gasteiger charge is 2.34. The molecule has 2 aromatic rings. The van der Waals surface area contributed by atoms with Crippen LogP contribution >= 0.6 is 12.4 Å². The summed E-state index contributed by atoms with van der Waals surface area (Å²) in [7, 11) is 0. The van der Waals surface area contributed by atoms with Gasteiger partial charge in [-0.2, -0.15) is 13.2 Å². The Balaban J connectivity index is 0.00000176. The lowest BCUT2D eigenvalue weighted by Crippen LogP contribution is -2.21. The topological polar surface area (TPSA) is 37.9 Å². The van der Waals surface area contributed by atoms with Crippen molar-refractivity contribution in [2.75, 3.05) is 6.61 Å². The number of benzene rings is 1. The first kappa shape index (κ1) is 16.7. The van der Waals surface area contributed by atoms with Crippen LogP contribution in [0.4, 0.5) is 13.2 Å². The van der Waals surface area contributed by atoms with Gasteiger partial charge in [-0.25, -0.2) is 4.98 Å². The number of nitrogens with one attached hydrogen (secondary N) is 1. The number of H-pyrrole nitrogens is 1. The Bertz CT molecular complexity index is 627. The fraction of sp³-hybridized carbons (Fsp3) is 0.400. The molecule has 0 fully saturated rings. The van der Waals surface area contributed by atoms with Gasteiger partial charge in [0, 0.05) is 5.69 Å². The van der Waals surface area contributed by atoms with Crippen LogP contribution in [0.3, 0.4) is 0 Å². The zero-order chi connectivity index (χ0) is 14.9. The van der Waals surface area contributed by atoms with E-state index in [-0.39, 0.29) is 30.7 Å². The molecule has 1 unspecified atom stereocenters. The van der Waals surface area contributed by atoms with E-state index in [1.165, 1.54) is 12.1 Å². The van der Waals surface area contributed by atoms with E-state index in [2.05, 4.69) is 9.97 Å². The van der Waals surface area contributed by atoms with Crippen LogP contribution in [0.1, 0.15) is 23.4 Å². The molecule has 1 aromatic carbocycles. The highest BCUT2D eigenvalue weighted by molar-refractivity contribution is 5.85. The Hall–Kier alpha value is -1.69. The number of rotatable bonds is 3. The van der Waals surface area contributed by atoms with Gasteiger partial charge >= 0.3 is 6.18 Å². The Labute approximate surface area is 132 Å². The number of aryl methyl sites for hydroxylation is 1. The first-order valence-electron chi connectivity index (χ1n) is 6.84. The number of nitrogens with zero attached hydrogens (tertiary/aromatic N) is 1. The quantitative estimate of drug-likeness (QED) is 0.921. The van der Waals surface area contributed by atoms with Crippen LogP contribution in [0.25, 0.3) is 0 Å². The van der Waals surface area contributed by atoms with Gasteiger partial charge in [0.25, 0.3) is 0 Å². The average Bonchev–Trinajstić information content (AvgIpc) is 2.92. The summed E-state index contributed by atoms with van der Waals surface area (Å²) in [5.74, 6) is 0.111. The maximum Gasteiger partial charge on any atom is 0.419 e. The van der Waals surface area contributed by atoms with Crippen molar-refractivity contribution in [2.45, 2.75) is 25.4 Å². The second-order valence-electron chi connectivity index (χ2n) is 5.24. The minimum Gasteiger partial charge on any atom is -0.493 e. The van der Waals surface area contributed by atoms with E-state index >= 15 is 0 Å². The number of para-hydroxylation sites is 1. The lowest BCUT2D eigenvalue weighted by Gasteiger charge is -2.22. The normalized spacial score (nSPS) is 17.5. The molecule has 0 aliphatic heterocycles. The number of hydrogen-bond donors (Lipinski definition) is 1. The highest BCUT2D eigenvalue weighted by atomic mass is 35.5. The summed E-state index contributed by atoms with van der Waals surface area (Å²) in [6.45, 7) is 0.283. The van der Waals surface area contributed by atoms with Gasteiger partial charge < -0.3 is 9.72 Å². The number of alkyl halides is 3. The van der Waals surface area contributed by atoms with Gasteiger partial charge in [0.1, 0.15) is 5.75 Å². The lowest BCUT2D eigenvalue weighted by atomic mass is 9.90. The van der Waals surface area contributed by atoms with Crippen LogP contribution in [-0.4, -0.2) is 16.6 Å². The molecule has 1 aliphatic carbocycles. The minimum atomic E-state index is -4.39. The van der Waals surface area contributed by atoms with E-state index in [1.807, 2.05) is 0 Å². The Morgan fingerprint density at radius 1 is 1.27 bits per heavy atom. The summed E-state index contributed by atoms with van der Waals surface area (Å²) in [6, 6.07) is 5.34. The molecule has 0 amide bonds. The fourth-order valence-corrected chi connectivity index (χ4v) is 2.65. The van der Waals surface area contributed by atoms with E-state index in [0.717, 1.165) is 36.7 Å². The number of ether oxygens (including phenoxy) is 1. The summed E-state index contributed by atoms with van der Waals surface area (Å²) in [4.78, 5) is 7.29. The summed E-state index contributed by atoms with van der Waals surface area (Å²) in [5.41, 5.74) is 1.41. The van der Waals surface area contributed by atoms with Crippen LogP contribution in [0.15, 0.2) is 30.6 Å². The molecule has 7 heteroatoms. The van der Waals surface area contributed by atoms with Gasteiger partial charge in [-0.1, -0.05) is 12.1 Å². The Kier molecular flexibility index (Phi) is 5.01. The first-order valence-corrected chi connectivity index (χ1v) is 6.84. The molecule has 120 valence electrons. The van der Waals surface area contributed by atoms with Gasteiger partial charge in [-0.15, -0.1) is 12.4 Å². The molecule has 3 rings (SSSR count). The number of imidazole rings is 1. The van der Waals surface area contributed by atoms with Crippen LogP contribution < -0.4 is 4.74 Å². The van der Waals surface area contributed by atoms with E-state index in [0.29, 0.717) is 0 Å². The second kappa shape index (κ2) is 6.60. The molecule has 1 atom stereocenters. The molecule has 0 saturated carbocycles. The smallest absolute Gasteiger partial charge is 0.419 e. The largest absolute Gasteiger partial charge is 0.493 e. The van der Waals surface area contributed by atoms with Crippen molar-refractivity contribution in [2.24, 2.45) is 5.92 Å². The Morgan fingerprint density at radius 3 is 2.82 bits per heavy atom. The van der Waals surface area contributed by atoms with Crippen LogP contribution in [0.2, 0.25) is 0 Å². The zero-order valence-electron chi connectivity index (χ0n) is 11.7. The van der Waals surface area contributed by atoms with E-state index in [9.17, 15) is 13.2 Å². The van der Waals surface area contributed by atoms with Crippen molar-refractivity contribution in [3.05, 3.63) is 47.5 Å². The summed E-state index contributed by atoms with van der Waals surface area (Å²) >= 11 is 0. The molecule has 1 N–H and O–H groups in total. The third-order valence-electron chi connectivity index (χ3n) is 3.76. The molecule has 22 heavy (non-hydrogen) atoms. The maximum atomic E-state index is 12.9. The van der Waals surface area contributed by atoms with Gasteiger partial charge in [0.05, 0.1) is 24.2 Å². The van der Waals surface area contributed by atoms with E-state index < -0.39 is 11.7 Å². The predicted octanol–water partition coefficient (Wildman–Crippen LogP) is 4.03. The van der Waals surface area contributed by atoms with Gasteiger partial charge in [-0.05, 0) is 37.3 Å². The summed E-state index contributed by atoms with van der Waals surface area (Å²) < 4.78 is 44.1. The molecule has 1 aromatic heterocycles. The standard InChI is InChI=1S/C15H15F3N2O.ClH/c16-15(17,18)11-3-1-2-4-14(11)21-8-10-5-6-12-13(7-10)20-9-19-12;/h1-4,9-10H,5-8H2,(H,19,20);1H. The molecule has 0 saturated heterocycles. The van der Waals surface area contributed by atoms with Gasteiger partial charge in [0.2, 0.25) is 0 Å². The average molecular weight is 333 g/mol. The SMILES string of the molecule is Cl.FC(F)(F)c1ccccc1OCC1CCc2nc[nH]c2C1. The molecule has 0 bridgehead atoms. The lowest BCUT2D eigenvalue weighted by molar-refractivity contribution is -0.139. The molecule has 1 aliphatic rings. The van der Waals surface area contributed by atoms with Crippen LogP contribution in [-0.2, 0) is 19.0 Å². The van der Waals surface area contributed by atoms with Gasteiger partial charge in [-0.3, -0.25) is 0 Å². The van der Waals surface area contributed by atoms with Crippen LogP contribution in [0.5, 0.6) is 5.75 Å². The van der Waals surface area contributed by atoms with Crippen molar-refractivity contribution in [1.82, 2.24) is 9.97 Å². The summed E-state index contributed by atoms with van der Waals surface area (Å²) in [5, 5.41) is 0. The monoisotopic (exact) mass is 332 g/mol. The van der Waals surface area contributed by atoms with Crippen molar-refractivity contribution < 1.29 is 17.9 Å². The Morgan fingerprint density at radius 2 is 2.05 bits per heavy atom. The third kappa shape index (κ3) is 3.55.